The maximum absolute atomic E-state index is 13.1. The molecule has 0 aliphatic heterocycles. The van der Waals surface area contributed by atoms with Gasteiger partial charge >= 0.3 is 0 Å². The molecule has 0 radical (unpaired) electrons. The lowest BCUT2D eigenvalue weighted by Gasteiger charge is -2.28. The Morgan fingerprint density at radius 2 is 1.68 bits per heavy atom. The molecule has 0 saturated carbocycles. The molecule has 2 aromatic carbocycles. The van der Waals surface area contributed by atoms with Gasteiger partial charge in [0.25, 0.3) is 0 Å². The fourth-order valence-corrected chi connectivity index (χ4v) is 2.50. The van der Waals surface area contributed by atoms with Crippen LogP contribution in [0.2, 0.25) is 0 Å². The molecular formula is C20H23FN2O2. The van der Waals surface area contributed by atoms with Crippen molar-refractivity contribution in [2.75, 3.05) is 0 Å². The Morgan fingerprint density at radius 1 is 1.04 bits per heavy atom. The highest BCUT2D eigenvalue weighted by Crippen LogP contribution is 2.12. The number of hydrogen-bond acceptors (Lipinski definition) is 2. The average Bonchev–Trinajstić information content (AvgIpc) is 2.65. The van der Waals surface area contributed by atoms with Crippen molar-refractivity contribution in [1.29, 1.82) is 0 Å². The molecule has 2 rings (SSSR count). The zero-order chi connectivity index (χ0) is 18.2. The van der Waals surface area contributed by atoms with E-state index in [1.165, 1.54) is 17.0 Å². The van der Waals surface area contributed by atoms with Gasteiger partial charge in [-0.25, -0.2) is 4.39 Å². The summed E-state index contributed by atoms with van der Waals surface area (Å²) in [5, 5.41) is 2.86. The van der Waals surface area contributed by atoms with E-state index in [9.17, 15) is 14.0 Å². The normalized spacial score (nSPS) is 11.6. The van der Waals surface area contributed by atoms with Gasteiger partial charge in [0.05, 0.1) is 0 Å². The standard InChI is InChI=1S/C20H23FN2O2/c1-3-19(24)23(14-17-9-11-18(21)12-10-17)15(2)20(25)22-13-16-7-5-4-6-8-16/h4-12,15H,3,13-14H2,1-2H3,(H,22,25)/t15-/m0/s1. The second-order valence-corrected chi connectivity index (χ2v) is 5.88. The summed E-state index contributed by atoms with van der Waals surface area (Å²) in [5.74, 6) is -0.662. The largest absolute Gasteiger partial charge is 0.350 e. The van der Waals surface area contributed by atoms with Gasteiger partial charge in [-0.2, -0.15) is 0 Å². The molecule has 2 amide bonds. The van der Waals surface area contributed by atoms with Crippen LogP contribution in [-0.2, 0) is 22.7 Å². The molecule has 0 aliphatic rings. The van der Waals surface area contributed by atoms with Gasteiger partial charge in [-0.1, -0.05) is 49.4 Å². The lowest BCUT2D eigenvalue weighted by atomic mass is 10.1. The molecule has 0 aliphatic carbocycles. The Labute approximate surface area is 147 Å². The minimum Gasteiger partial charge on any atom is -0.350 e. The third-order valence-corrected chi connectivity index (χ3v) is 4.05. The van der Waals surface area contributed by atoms with Gasteiger partial charge in [0.15, 0.2) is 0 Å². The third kappa shape index (κ3) is 5.41. The van der Waals surface area contributed by atoms with Crippen LogP contribution in [0.4, 0.5) is 4.39 Å². The Kier molecular flexibility index (Phi) is 6.69. The van der Waals surface area contributed by atoms with E-state index in [1.54, 1.807) is 26.0 Å². The summed E-state index contributed by atoms with van der Waals surface area (Å²) in [4.78, 5) is 26.3. The molecule has 5 heteroatoms. The maximum Gasteiger partial charge on any atom is 0.242 e. The first-order chi connectivity index (χ1) is 12.0. The van der Waals surface area contributed by atoms with Crippen molar-refractivity contribution in [3.8, 4) is 0 Å². The molecule has 0 fully saturated rings. The summed E-state index contributed by atoms with van der Waals surface area (Å²) in [7, 11) is 0. The summed E-state index contributed by atoms with van der Waals surface area (Å²) >= 11 is 0. The van der Waals surface area contributed by atoms with E-state index < -0.39 is 6.04 Å². The highest BCUT2D eigenvalue weighted by Gasteiger charge is 2.24. The van der Waals surface area contributed by atoms with Gasteiger partial charge in [0.1, 0.15) is 11.9 Å². The minimum atomic E-state index is -0.610. The lowest BCUT2D eigenvalue weighted by Crippen LogP contribution is -2.47. The van der Waals surface area contributed by atoms with Crippen LogP contribution < -0.4 is 5.32 Å². The fourth-order valence-electron chi connectivity index (χ4n) is 2.50. The maximum atomic E-state index is 13.1. The predicted octanol–water partition coefficient (Wildman–Crippen LogP) is 3.27. The van der Waals surface area contributed by atoms with Gasteiger partial charge in [-0.15, -0.1) is 0 Å². The lowest BCUT2D eigenvalue weighted by molar-refractivity contribution is -0.140. The smallest absolute Gasteiger partial charge is 0.242 e. The van der Waals surface area contributed by atoms with Gasteiger partial charge < -0.3 is 10.2 Å². The van der Waals surface area contributed by atoms with Crippen molar-refractivity contribution < 1.29 is 14.0 Å². The van der Waals surface area contributed by atoms with Crippen LogP contribution in [0.25, 0.3) is 0 Å². The highest BCUT2D eigenvalue weighted by molar-refractivity contribution is 5.87. The Bertz CT molecular complexity index is 701. The van der Waals surface area contributed by atoms with E-state index >= 15 is 0 Å². The summed E-state index contributed by atoms with van der Waals surface area (Å²) in [6, 6.07) is 14.9. The van der Waals surface area contributed by atoms with Crippen LogP contribution in [0.1, 0.15) is 31.4 Å². The average molecular weight is 342 g/mol. The Morgan fingerprint density at radius 3 is 2.28 bits per heavy atom. The molecule has 132 valence electrons. The number of benzene rings is 2. The highest BCUT2D eigenvalue weighted by atomic mass is 19.1. The second-order valence-electron chi connectivity index (χ2n) is 5.88. The monoisotopic (exact) mass is 342 g/mol. The minimum absolute atomic E-state index is 0.119. The SMILES string of the molecule is CCC(=O)N(Cc1ccc(F)cc1)[C@@H](C)C(=O)NCc1ccccc1. The fraction of sp³-hybridized carbons (Fsp3) is 0.300. The molecule has 0 spiro atoms. The van der Waals surface area contributed by atoms with Crippen LogP contribution in [0, 0.1) is 5.82 Å². The predicted molar refractivity (Wildman–Crippen MR) is 95.0 cm³/mol. The van der Waals surface area contributed by atoms with Crippen LogP contribution in [0.3, 0.4) is 0 Å². The van der Waals surface area contributed by atoms with Crippen LogP contribution >= 0.6 is 0 Å². The van der Waals surface area contributed by atoms with E-state index in [4.69, 9.17) is 0 Å². The Balaban J connectivity index is 2.03. The molecule has 0 saturated heterocycles. The number of hydrogen-bond donors (Lipinski definition) is 1. The number of carbonyl (C=O) groups is 2. The first-order valence-corrected chi connectivity index (χ1v) is 8.36. The van der Waals surface area contributed by atoms with Crippen molar-refractivity contribution in [3.05, 3.63) is 71.5 Å². The topological polar surface area (TPSA) is 49.4 Å². The summed E-state index contributed by atoms with van der Waals surface area (Å²) < 4.78 is 13.1. The van der Waals surface area contributed by atoms with Gasteiger partial charge in [0.2, 0.25) is 11.8 Å². The zero-order valence-electron chi connectivity index (χ0n) is 14.5. The van der Waals surface area contributed by atoms with Crippen LogP contribution in [0.15, 0.2) is 54.6 Å². The molecule has 0 heterocycles. The first kappa shape index (κ1) is 18.6. The van der Waals surface area contributed by atoms with Gasteiger partial charge in [-0.3, -0.25) is 9.59 Å². The molecule has 0 bridgehead atoms. The van der Waals surface area contributed by atoms with E-state index in [0.29, 0.717) is 13.0 Å². The van der Waals surface area contributed by atoms with Crippen molar-refractivity contribution in [3.63, 3.8) is 0 Å². The molecule has 1 N–H and O–H groups in total. The number of nitrogens with one attached hydrogen (secondary N) is 1. The summed E-state index contributed by atoms with van der Waals surface area (Å²) in [6.07, 6.45) is 0.303. The summed E-state index contributed by atoms with van der Waals surface area (Å²) in [5.41, 5.74) is 1.78. The van der Waals surface area contributed by atoms with Crippen molar-refractivity contribution in [2.24, 2.45) is 0 Å². The van der Waals surface area contributed by atoms with Crippen molar-refractivity contribution in [1.82, 2.24) is 10.2 Å². The molecular weight excluding hydrogens is 319 g/mol. The summed E-state index contributed by atoms with van der Waals surface area (Å²) in [6.45, 7) is 4.15. The van der Waals surface area contributed by atoms with E-state index in [0.717, 1.165) is 11.1 Å². The number of amides is 2. The Hall–Kier alpha value is -2.69. The molecule has 0 aromatic heterocycles. The number of rotatable bonds is 7. The third-order valence-electron chi connectivity index (χ3n) is 4.05. The van der Waals surface area contributed by atoms with E-state index in [1.807, 2.05) is 30.3 Å². The number of halogens is 1. The van der Waals surface area contributed by atoms with Crippen molar-refractivity contribution >= 4 is 11.8 Å². The van der Waals surface area contributed by atoms with Crippen LogP contribution in [-0.4, -0.2) is 22.8 Å². The molecule has 4 nitrogen and oxygen atoms in total. The first-order valence-electron chi connectivity index (χ1n) is 8.36. The number of carbonyl (C=O) groups excluding carboxylic acids is 2. The molecule has 2 aromatic rings. The molecule has 1 atom stereocenters. The van der Waals surface area contributed by atoms with Gasteiger partial charge in [-0.05, 0) is 30.2 Å². The number of nitrogens with zero attached hydrogens (tertiary/aromatic N) is 1. The zero-order valence-corrected chi connectivity index (χ0v) is 14.5. The second kappa shape index (κ2) is 8.97. The van der Waals surface area contributed by atoms with Gasteiger partial charge in [0, 0.05) is 19.5 Å². The van der Waals surface area contributed by atoms with Crippen molar-refractivity contribution in [2.45, 2.75) is 39.4 Å². The van der Waals surface area contributed by atoms with E-state index in [-0.39, 0.29) is 24.2 Å². The molecule has 25 heavy (non-hydrogen) atoms. The molecule has 0 unspecified atom stereocenters. The van der Waals surface area contributed by atoms with Crippen LogP contribution in [0.5, 0.6) is 0 Å². The van der Waals surface area contributed by atoms with E-state index in [2.05, 4.69) is 5.32 Å². The quantitative estimate of drug-likeness (QED) is 0.839.